The summed E-state index contributed by atoms with van der Waals surface area (Å²) < 4.78 is 31.5. The van der Waals surface area contributed by atoms with Crippen molar-refractivity contribution in [3.8, 4) is 0 Å². The second-order valence-corrected chi connectivity index (χ2v) is 4.73. The molecule has 1 atom stereocenters. The number of nitrogens with one attached hydrogen (secondary N) is 2. The summed E-state index contributed by atoms with van der Waals surface area (Å²) >= 11 is 0. The standard InChI is InChI=1S/C15H22F2N2O2/c1-3-14(12-7-6-11(16)10-13(12)17)19-15(20)18-8-4-5-9-21-2/h6-7,10,14H,3-5,8-9H2,1-2H3,(H2,18,19,20)/t14-/m1/s1. The molecule has 21 heavy (non-hydrogen) atoms. The number of hydrogen-bond acceptors (Lipinski definition) is 2. The first kappa shape index (κ1) is 17.4. The van der Waals surface area contributed by atoms with Gasteiger partial charge in [-0.1, -0.05) is 13.0 Å². The molecule has 0 saturated heterocycles. The zero-order valence-corrected chi connectivity index (χ0v) is 12.4. The lowest BCUT2D eigenvalue weighted by Crippen LogP contribution is -2.38. The van der Waals surface area contributed by atoms with Gasteiger partial charge in [-0.2, -0.15) is 0 Å². The van der Waals surface area contributed by atoms with Gasteiger partial charge in [0.2, 0.25) is 0 Å². The van der Waals surface area contributed by atoms with Crippen molar-refractivity contribution in [1.82, 2.24) is 10.6 Å². The molecule has 0 aromatic heterocycles. The summed E-state index contributed by atoms with van der Waals surface area (Å²) in [5.41, 5.74) is 0.286. The van der Waals surface area contributed by atoms with Gasteiger partial charge in [-0.3, -0.25) is 0 Å². The molecule has 0 bridgehead atoms. The van der Waals surface area contributed by atoms with E-state index in [0.29, 0.717) is 19.6 Å². The fourth-order valence-corrected chi connectivity index (χ4v) is 1.97. The maximum Gasteiger partial charge on any atom is 0.315 e. The molecule has 1 aromatic rings. The fraction of sp³-hybridized carbons (Fsp3) is 0.533. The highest BCUT2D eigenvalue weighted by Gasteiger charge is 2.16. The minimum atomic E-state index is -0.651. The molecule has 0 spiro atoms. The monoisotopic (exact) mass is 300 g/mol. The van der Waals surface area contributed by atoms with Crippen molar-refractivity contribution in [2.75, 3.05) is 20.3 Å². The largest absolute Gasteiger partial charge is 0.385 e. The third kappa shape index (κ3) is 6.08. The Bertz CT molecular complexity index is 455. The zero-order chi connectivity index (χ0) is 15.7. The quantitative estimate of drug-likeness (QED) is 0.725. The summed E-state index contributed by atoms with van der Waals surface area (Å²) in [6, 6.07) is 2.53. The first-order chi connectivity index (χ1) is 10.1. The van der Waals surface area contributed by atoms with Crippen molar-refractivity contribution >= 4 is 6.03 Å². The van der Waals surface area contributed by atoms with E-state index >= 15 is 0 Å². The van der Waals surface area contributed by atoms with Crippen LogP contribution in [0.3, 0.4) is 0 Å². The summed E-state index contributed by atoms with van der Waals surface area (Å²) in [7, 11) is 1.63. The van der Waals surface area contributed by atoms with E-state index < -0.39 is 17.7 Å². The van der Waals surface area contributed by atoms with Gasteiger partial charge >= 0.3 is 6.03 Å². The second kappa shape index (κ2) is 9.28. The first-order valence-electron chi connectivity index (χ1n) is 7.06. The van der Waals surface area contributed by atoms with Gasteiger partial charge in [0.1, 0.15) is 11.6 Å². The van der Waals surface area contributed by atoms with E-state index in [2.05, 4.69) is 10.6 Å². The normalized spacial score (nSPS) is 12.0. The van der Waals surface area contributed by atoms with Crippen LogP contribution in [0, 0.1) is 11.6 Å². The number of halogens is 2. The van der Waals surface area contributed by atoms with Crippen molar-refractivity contribution in [1.29, 1.82) is 0 Å². The smallest absolute Gasteiger partial charge is 0.315 e. The number of unbranched alkanes of at least 4 members (excludes halogenated alkanes) is 1. The summed E-state index contributed by atoms with van der Waals surface area (Å²) in [4.78, 5) is 11.7. The molecule has 6 heteroatoms. The zero-order valence-electron chi connectivity index (χ0n) is 12.4. The molecule has 118 valence electrons. The van der Waals surface area contributed by atoms with E-state index in [-0.39, 0.29) is 11.6 Å². The van der Waals surface area contributed by atoms with Crippen LogP contribution in [0.2, 0.25) is 0 Å². The Kier molecular flexibility index (Phi) is 7.68. The van der Waals surface area contributed by atoms with Gasteiger partial charge in [0.25, 0.3) is 0 Å². The van der Waals surface area contributed by atoms with Crippen LogP contribution in [0.4, 0.5) is 13.6 Å². The lowest BCUT2D eigenvalue weighted by Gasteiger charge is -2.18. The van der Waals surface area contributed by atoms with E-state index in [1.54, 1.807) is 7.11 Å². The topological polar surface area (TPSA) is 50.4 Å². The third-order valence-corrected chi connectivity index (χ3v) is 3.11. The van der Waals surface area contributed by atoms with Crippen LogP contribution >= 0.6 is 0 Å². The Morgan fingerprint density at radius 3 is 2.71 bits per heavy atom. The molecule has 2 N–H and O–H groups in total. The van der Waals surface area contributed by atoms with Crippen LogP contribution in [0.5, 0.6) is 0 Å². The molecule has 0 aliphatic carbocycles. The van der Waals surface area contributed by atoms with Gasteiger partial charge in [-0.05, 0) is 25.3 Å². The van der Waals surface area contributed by atoms with Crippen LogP contribution in [0.1, 0.15) is 37.8 Å². The van der Waals surface area contributed by atoms with Crippen molar-refractivity contribution in [2.24, 2.45) is 0 Å². The molecule has 0 radical (unpaired) electrons. The average molecular weight is 300 g/mol. The lowest BCUT2D eigenvalue weighted by atomic mass is 10.0. The Morgan fingerprint density at radius 2 is 2.10 bits per heavy atom. The number of carbonyl (C=O) groups is 1. The minimum Gasteiger partial charge on any atom is -0.385 e. The van der Waals surface area contributed by atoms with Crippen LogP contribution < -0.4 is 10.6 Å². The predicted molar refractivity (Wildman–Crippen MR) is 77.0 cm³/mol. The van der Waals surface area contributed by atoms with E-state index in [4.69, 9.17) is 4.74 Å². The molecule has 1 rings (SSSR count). The van der Waals surface area contributed by atoms with E-state index in [1.807, 2.05) is 6.92 Å². The maximum absolute atomic E-state index is 13.7. The molecule has 1 aromatic carbocycles. The average Bonchev–Trinajstić information content (AvgIpc) is 2.45. The number of benzene rings is 1. The molecular formula is C15H22F2N2O2. The Labute approximate surface area is 123 Å². The summed E-state index contributed by atoms with van der Waals surface area (Å²) in [6.07, 6.45) is 2.18. The van der Waals surface area contributed by atoms with Crippen LogP contribution in [-0.2, 0) is 4.74 Å². The van der Waals surface area contributed by atoms with Crippen LogP contribution in [0.25, 0.3) is 0 Å². The van der Waals surface area contributed by atoms with Crippen molar-refractivity contribution in [3.05, 3.63) is 35.4 Å². The first-order valence-corrected chi connectivity index (χ1v) is 7.06. The number of urea groups is 1. The summed E-state index contributed by atoms with van der Waals surface area (Å²) in [5, 5.41) is 5.40. The fourth-order valence-electron chi connectivity index (χ4n) is 1.97. The van der Waals surface area contributed by atoms with Gasteiger partial charge in [0, 0.05) is 31.9 Å². The van der Waals surface area contributed by atoms with Gasteiger partial charge in [0.05, 0.1) is 6.04 Å². The van der Waals surface area contributed by atoms with Gasteiger partial charge < -0.3 is 15.4 Å². The number of methoxy groups -OCH3 is 1. The van der Waals surface area contributed by atoms with E-state index in [9.17, 15) is 13.6 Å². The molecule has 0 saturated carbocycles. The highest BCUT2D eigenvalue weighted by Crippen LogP contribution is 2.20. The van der Waals surface area contributed by atoms with Gasteiger partial charge in [-0.25, -0.2) is 13.6 Å². The number of rotatable bonds is 8. The van der Waals surface area contributed by atoms with E-state index in [0.717, 1.165) is 18.9 Å². The highest BCUT2D eigenvalue weighted by atomic mass is 19.1. The Morgan fingerprint density at radius 1 is 1.33 bits per heavy atom. The number of amides is 2. The Balaban J connectivity index is 2.48. The Hall–Kier alpha value is -1.69. The second-order valence-electron chi connectivity index (χ2n) is 4.73. The predicted octanol–water partition coefficient (Wildman–Crippen LogP) is 3.14. The number of ether oxygens (including phenoxy) is 1. The molecule has 0 aliphatic heterocycles. The minimum absolute atomic E-state index is 0.286. The van der Waals surface area contributed by atoms with Gasteiger partial charge in [0.15, 0.2) is 0 Å². The lowest BCUT2D eigenvalue weighted by molar-refractivity contribution is 0.192. The van der Waals surface area contributed by atoms with Crippen LogP contribution in [-0.4, -0.2) is 26.3 Å². The number of hydrogen-bond donors (Lipinski definition) is 2. The van der Waals surface area contributed by atoms with E-state index in [1.165, 1.54) is 12.1 Å². The van der Waals surface area contributed by atoms with Crippen molar-refractivity contribution < 1.29 is 18.3 Å². The molecule has 4 nitrogen and oxygen atoms in total. The molecule has 2 amide bonds. The van der Waals surface area contributed by atoms with Crippen LogP contribution in [0.15, 0.2) is 18.2 Å². The molecule has 0 unspecified atom stereocenters. The molecular weight excluding hydrogens is 278 g/mol. The number of carbonyl (C=O) groups excluding carboxylic acids is 1. The van der Waals surface area contributed by atoms with Crippen molar-refractivity contribution in [3.63, 3.8) is 0 Å². The molecule has 0 aliphatic rings. The highest BCUT2D eigenvalue weighted by molar-refractivity contribution is 5.74. The molecule has 0 fully saturated rings. The summed E-state index contributed by atoms with van der Waals surface area (Å²) in [6.45, 7) is 3.01. The van der Waals surface area contributed by atoms with Crippen molar-refractivity contribution in [2.45, 2.75) is 32.2 Å². The maximum atomic E-state index is 13.7. The third-order valence-electron chi connectivity index (χ3n) is 3.11. The SMILES string of the molecule is CC[C@@H](NC(=O)NCCCCOC)c1ccc(F)cc1F. The molecule has 0 heterocycles. The van der Waals surface area contributed by atoms with Gasteiger partial charge in [-0.15, -0.1) is 0 Å². The summed E-state index contributed by atoms with van der Waals surface area (Å²) in [5.74, 6) is -1.28.